The van der Waals surface area contributed by atoms with Crippen molar-refractivity contribution in [1.82, 2.24) is 19.8 Å². The van der Waals surface area contributed by atoms with E-state index in [1.54, 1.807) is 16.2 Å². The normalized spacial score (nSPS) is 24.2. The molecule has 1 aromatic carbocycles. The minimum atomic E-state index is -0.624. The van der Waals surface area contributed by atoms with Gasteiger partial charge in [0.05, 0.1) is 11.0 Å². The average Bonchev–Trinajstić information content (AvgIpc) is 2.96. The van der Waals surface area contributed by atoms with Crippen molar-refractivity contribution in [3.8, 4) is 0 Å². The number of hydrogen-bond donors (Lipinski definition) is 2. The largest absolute Gasteiger partial charge is 0.329 e. The molecular formula is C23H30N4O3. The van der Waals surface area contributed by atoms with Crippen LogP contribution in [0.25, 0.3) is 11.0 Å². The Kier molecular flexibility index (Phi) is 4.81. The van der Waals surface area contributed by atoms with Gasteiger partial charge in [0.1, 0.15) is 6.04 Å². The van der Waals surface area contributed by atoms with Gasteiger partial charge in [-0.15, -0.1) is 0 Å². The summed E-state index contributed by atoms with van der Waals surface area (Å²) in [7, 11) is 1.75. The number of carbonyl (C=O) groups excluding carboxylic acids is 2. The Morgan fingerprint density at radius 3 is 2.60 bits per heavy atom. The van der Waals surface area contributed by atoms with Crippen LogP contribution in [0.2, 0.25) is 0 Å². The van der Waals surface area contributed by atoms with E-state index < -0.39 is 6.04 Å². The summed E-state index contributed by atoms with van der Waals surface area (Å²) >= 11 is 0. The second-order valence-electron chi connectivity index (χ2n) is 9.56. The van der Waals surface area contributed by atoms with Gasteiger partial charge < -0.3 is 5.32 Å². The quantitative estimate of drug-likeness (QED) is 0.756. The van der Waals surface area contributed by atoms with Crippen LogP contribution in [0.1, 0.15) is 56.6 Å². The number of piperidine rings is 2. The summed E-state index contributed by atoms with van der Waals surface area (Å²) in [4.78, 5) is 36.7. The van der Waals surface area contributed by atoms with E-state index >= 15 is 0 Å². The Labute approximate surface area is 175 Å². The number of hydrogen-bond acceptors (Lipinski definition) is 4. The lowest BCUT2D eigenvalue weighted by atomic mass is 9.57. The third kappa shape index (κ3) is 3.29. The SMILES string of the molecule is Cn1c(=O)n(C2CCC(=O)NC2=O)c2ccc(CCC3CC4(CCNCC4)C3)cc21. The Balaban J connectivity index is 1.32. The fourth-order valence-corrected chi connectivity index (χ4v) is 5.90. The summed E-state index contributed by atoms with van der Waals surface area (Å²) in [6.07, 6.45) is 8.22. The first-order valence-corrected chi connectivity index (χ1v) is 11.2. The molecule has 3 fully saturated rings. The van der Waals surface area contributed by atoms with Crippen LogP contribution < -0.4 is 16.3 Å². The smallest absolute Gasteiger partial charge is 0.317 e. The molecular weight excluding hydrogens is 380 g/mol. The number of carbonyl (C=O) groups is 2. The monoisotopic (exact) mass is 410 g/mol. The lowest BCUT2D eigenvalue weighted by molar-refractivity contribution is -0.135. The minimum Gasteiger partial charge on any atom is -0.317 e. The van der Waals surface area contributed by atoms with Gasteiger partial charge in [0.25, 0.3) is 0 Å². The molecule has 2 aromatic rings. The molecule has 2 saturated heterocycles. The van der Waals surface area contributed by atoms with Crippen LogP contribution in [0.3, 0.4) is 0 Å². The molecule has 1 spiro atoms. The number of nitrogens with zero attached hydrogens (tertiary/aromatic N) is 2. The standard InChI is InChI=1S/C23H30N4O3/c1-26-19-12-15(2-3-16-13-23(14-16)8-10-24-11-9-23)4-5-17(19)27(22(26)30)18-6-7-20(28)25-21(18)29/h4-5,12,16,18,24H,2-3,6-11,13-14H2,1H3,(H,25,28,29). The maximum absolute atomic E-state index is 12.9. The molecule has 7 nitrogen and oxygen atoms in total. The van der Waals surface area contributed by atoms with E-state index in [9.17, 15) is 14.4 Å². The van der Waals surface area contributed by atoms with Crippen LogP contribution in [0, 0.1) is 11.3 Å². The van der Waals surface area contributed by atoms with Crippen LogP contribution in [-0.2, 0) is 23.1 Å². The molecule has 3 aliphatic rings. The number of imidazole rings is 1. The first-order valence-electron chi connectivity index (χ1n) is 11.2. The fourth-order valence-electron chi connectivity index (χ4n) is 5.90. The second kappa shape index (κ2) is 7.38. The van der Waals surface area contributed by atoms with Gasteiger partial charge in [-0.2, -0.15) is 0 Å². The van der Waals surface area contributed by atoms with E-state index in [1.165, 1.54) is 50.8 Å². The van der Waals surface area contributed by atoms with Gasteiger partial charge in [-0.1, -0.05) is 6.07 Å². The summed E-state index contributed by atoms with van der Waals surface area (Å²) in [6, 6.07) is 5.52. The van der Waals surface area contributed by atoms with E-state index in [0.29, 0.717) is 11.8 Å². The lowest BCUT2D eigenvalue weighted by Crippen LogP contribution is -2.45. The van der Waals surface area contributed by atoms with Gasteiger partial charge in [0.15, 0.2) is 0 Å². The van der Waals surface area contributed by atoms with Crippen molar-refractivity contribution in [3.63, 3.8) is 0 Å². The molecule has 160 valence electrons. The van der Waals surface area contributed by atoms with Crippen LogP contribution >= 0.6 is 0 Å². The van der Waals surface area contributed by atoms with Gasteiger partial charge in [0.2, 0.25) is 11.8 Å². The molecule has 1 unspecified atom stereocenters. The fraction of sp³-hybridized carbons (Fsp3) is 0.609. The molecule has 0 radical (unpaired) electrons. The van der Waals surface area contributed by atoms with E-state index in [1.807, 2.05) is 6.07 Å². The second-order valence-corrected chi connectivity index (χ2v) is 9.56. The topological polar surface area (TPSA) is 85.1 Å². The highest BCUT2D eigenvalue weighted by molar-refractivity contribution is 6.00. The highest BCUT2D eigenvalue weighted by Gasteiger charge is 2.43. The van der Waals surface area contributed by atoms with Crippen LogP contribution in [0.5, 0.6) is 0 Å². The third-order valence-corrected chi connectivity index (χ3v) is 7.62. The molecule has 0 bridgehead atoms. The third-order valence-electron chi connectivity index (χ3n) is 7.62. The minimum absolute atomic E-state index is 0.205. The van der Waals surface area contributed by atoms with Gasteiger partial charge in [-0.25, -0.2) is 4.79 Å². The van der Waals surface area contributed by atoms with Crippen molar-refractivity contribution < 1.29 is 9.59 Å². The highest BCUT2D eigenvalue weighted by atomic mass is 16.2. The Morgan fingerprint density at radius 2 is 1.87 bits per heavy atom. The first-order chi connectivity index (χ1) is 14.5. The van der Waals surface area contributed by atoms with Crippen LogP contribution in [0.15, 0.2) is 23.0 Å². The summed E-state index contributed by atoms with van der Waals surface area (Å²) in [6.45, 7) is 2.34. The maximum Gasteiger partial charge on any atom is 0.329 e. The van der Waals surface area contributed by atoms with E-state index in [2.05, 4.69) is 22.8 Å². The summed E-state index contributed by atoms with van der Waals surface area (Å²) in [5.74, 6) is 0.159. The van der Waals surface area contributed by atoms with Gasteiger partial charge in [-0.3, -0.25) is 24.0 Å². The number of fused-ring (bicyclic) bond motifs is 1. The highest BCUT2D eigenvalue weighted by Crippen LogP contribution is 2.53. The number of aryl methyl sites for hydroxylation is 2. The molecule has 3 heterocycles. The van der Waals surface area contributed by atoms with E-state index in [-0.39, 0.29) is 23.9 Å². The van der Waals surface area contributed by atoms with Crippen molar-refractivity contribution in [3.05, 3.63) is 34.2 Å². The van der Waals surface area contributed by atoms with Crippen molar-refractivity contribution >= 4 is 22.8 Å². The number of rotatable bonds is 4. The maximum atomic E-state index is 12.9. The number of nitrogens with one attached hydrogen (secondary N) is 2. The molecule has 2 N–H and O–H groups in total. The Bertz CT molecular complexity index is 1050. The number of aromatic nitrogens is 2. The van der Waals surface area contributed by atoms with Crippen molar-refractivity contribution in [2.75, 3.05) is 13.1 Å². The van der Waals surface area contributed by atoms with Gasteiger partial charge in [-0.05, 0) is 87.1 Å². The number of amides is 2. The zero-order valence-corrected chi connectivity index (χ0v) is 17.6. The zero-order chi connectivity index (χ0) is 20.9. The Morgan fingerprint density at radius 1 is 1.10 bits per heavy atom. The summed E-state index contributed by atoms with van der Waals surface area (Å²) in [5, 5.41) is 5.83. The molecule has 7 heteroatoms. The van der Waals surface area contributed by atoms with Gasteiger partial charge >= 0.3 is 5.69 Å². The molecule has 5 rings (SSSR count). The first kappa shape index (κ1) is 19.5. The van der Waals surface area contributed by atoms with Crippen molar-refractivity contribution in [2.24, 2.45) is 18.4 Å². The molecule has 2 amide bonds. The number of imide groups is 1. The predicted molar refractivity (Wildman–Crippen MR) is 114 cm³/mol. The van der Waals surface area contributed by atoms with E-state index in [4.69, 9.17) is 0 Å². The average molecular weight is 411 g/mol. The Hall–Kier alpha value is -2.41. The molecule has 30 heavy (non-hydrogen) atoms. The molecule has 1 aromatic heterocycles. The summed E-state index contributed by atoms with van der Waals surface area (Å²) in [5.41, 5.74) is 3.26. The molecule has 1 aliphatic carbocycles. The molecule has 1 atom stereocenters. The summed E-state index contributed by atoms with van der Waals surface area (Å²) < 4.78 is 3.17. The van der Waals surface area contributed by atoms with Gasteiger partial charge in [0, 0.05) is 13.5 Å². The van der Waals surface area contributed by atoms with Crippen molar-refractivity contribution in [2.45, 2.75) is 57.4 Å². The van der Waals surface area contributed by atoms with Crippen LogP contribution in [0.4, 0.5) is 0 Å². The van der Waals surface area contributed by atoms with Crippen molar-refractivity contribution in [1.29, 1.82) is 0 Å². The van der Waals surface area contributed by atoms with E-state index in [0.717, 1.165) is 23.4 Å². The zero-order valence-electron chi connectivity index (χ0n) is 17.6. The predicted octanol–water partition coefficient (Wildman–Crippen LogP) is 2.03. The lowest BCUT2D eigenvalue weighted by Gasteiger charge is -2.50. The van der Waals surface area contributed by atoms with Crippen LogP contribution in [-0.4, -0.2) is 34.0 Å². The molecule has 1 saturated carbocycles. The molecule has 2 aliphatic heterocycles. The number of benzene rings is 1.